The summed E-state index contributed by atoms with van der Waals surface area (Å²) in [6, 6.07) is 0. The van der Waals surface area contributed by atoms with Crippen LogP contribution in [0.25, 0.3) is 0 Å². The molecular formula is C19H37NO3. The van der Waals surface area contributed by atoms with Crippen LogP contribution in [0.5, 0.6) is 0 Å². The molecule has 2 rings (SSSR count). The first-order valence-electron chi connectivity index (χ1n) is 9.38. The number of hydrogen-bond acceptors (Lipinski definition) is 4. The third-order valence-electron chi connectivity index (χ3n) is 6.88. The summed E-state index contributed by atoms with van der Waals surface area (Å²) >= 11 is 0. The summed E-state index contributed by atoms with van der Waals surface area (Å²) in [6.07, 6.45) is 4.72. The van der Waals surface area contributed by atoms with E-state index in [9.17, 15) is 5.21 Å². The highest BCUT2D eigenvalue weighted by molar-refractivity contribution is 5.08. The summed E-state index contributed by atoms with van der Waals surface area (Å²) in [5, 5.41) is 12.5. The molecule has 3 unspecified atom stereocenters. The summed E-state index contributed by atoms with van der Waals surface area (Å²) in [5.74, 6) is -0.474. The van der Waals surface area contributed by atoms with Crippen molar-refractivity contribution < 1.29 is 14.7 Å². The van der Waals surface area contributed by atoms with Crippen molar-refractivity contribution in [3.05, 3.63) is 0 Å². The van der Waals surface area contributed by atoms with Gasteiger partial charge in [0.25, 0.3) is 0 Å². The van der Waals surface area contributed by atoms with E-state index >= 15 is 0 Å². The van der Waals surface area contributed by atoms with Crippen LogP contribution in [0.2, 0.25) is 0 Å². The first-order chi connectivity index (χ1) is 10.6. The molecule has 4 nitrogen and oxygen atoms in total. The monoisotopic (exact) mass is 327 g/mol. The maximum absolute atomic E-state index is 10.9. The maximum atomic E-state index is 10.9. The largest absolute Gasteiger partial charge is 0.349 e. The Bertz CT molecular complexity index is 419. The first kappa shape index (κ1) is 19.2. The maximum Gasteiger partial charge on any atom is 0.174 e. The summed E-state index contributed by atoms with van der Waals surface area (Å²) in [5.41, 5.74) is -0.557. The first-order valence-corrected chi connectivity index (χ1v) is 9.38. The zero-order valence-corrected chi connectivity index (χ0v) is 16.2. The van der Waals surface area contributed by atoms with Crippen molar-refractivity contribution in [2.45, 2.75) is 97.4 Å². The van der Waals surface area contributed by atoms with Crippen molar-refractivity contribution in [2.24, 2.45) is 11.3 Å². The number of piperidine rings is 1. The third-order valence-corrected chi connectivity index (χ3v) is 6.88. The van der Waals surface area contributed by atoms with E-state index in [0.717, 1.165) is 38.9 Å². The van der Waals surface area contributed by atoms with Gasteiger partial charge in [-0.3, -0.25) is 0 Å². The highest BCUT2D eigenvalue weighted by Crippen LogP contribution is 2.53. The number of nitrogens with zero attached hydrogens (tertiary/aromatic N) is 1. The van der Waals surface area contributed by atoms with Crippen LogP contribution in [0.1, 0.15) is 80.6 Å². The minimum Gasteiger partial charge on any atom is -0.349 e. The fourth-order valence-corrected chi connectivity index (χ4v) is 4.54. The van der Waals surface area contributed by atoms with Crippen molar-refractivity contribution in [1.29, 1.82) is 0 Å². The van der Waals surface area contributed by atoms with Crippen molar-refractivity contribution in [3.8, 4) is 0 Å². The lowest BCUT2D eigenvalue weighted by molar-refractivity contribution is -0.400. The van der Waals surface area contributed by atoms with E-state index in [1.54, 1.807) is 5.06 Å². The molecule has 0 amide bonds. The van der Waals surface area contributed by atoms with Crippen molar-refractivity contribution in [1.82, 2.24) is 5.06 Å². The number of hydroxylamine groups is 2. The molecule has 4 heteroatoms. The third kappa shape index (κ3) is 2.97. The molecule has 0 aliphatic carbocycles. The van der Waals surface area contributed by atoms with Gasteiger partial charge in [0.15, 0.2) is 5.79 Å². The van der Waals surface area contributed by atoms with E-state index in [2.05, 4.69) is 48.5 Å². The van der Waals surface area contributed by atoms with Gasteiger partial charge < -0.3 is 14.7 Å². The van der Waals surface area contributed by atoms with Crippen LogP contribution in [0, 0.1) is 11.3 Å². The van der Waals surface area contributed by atoms with Crippen LogP contribution in [-0.2, 0) is 9.47 Å². The van der Waals surface area contributed by atoms with Crippen LogP contribution in [0.3, 0.4) is 0 Å². The van der Waals surface area contributed by atoms with E-state index in [0.29, 0.717) is 6.42 Å². The number of ether oxygens (including phenoxy) is 2. The van der Waals surface area contributed by atoms with Crippen LogP contribution >= 0.6 is 0 Å². The van der Waals surface area contributed by atoms with Gasteiger partial charge in [0, 0.05) is 23.3 Å². The molecule has 0 saturated carbocycles. The Balaban J connectivity index is 2.32. The zero-order valence-electron chi connectivity index (χ0n) is 16.2. The predicted molar refractivity (Wildman–Crippen MR) is 92.4 cm³/mol. The molecule has 136 valence electrons. The van der Waals surface area contributed by atoms with Crippen molar-refractivity contribution >= 4 is 0 Å². The van der Waals surface area contributed by atoms with Crippen molar-refractivity contribution in [3.63, 3.8) is 0 Å². The second kappa shape index (κ2) is 6.29. The van der Waals surface area contributed by atoms with E-state index in [1.165, 1.54) is 0 Å². The molecule has 2 heterocycles. The molecule has 0 bridgehead atoms. The van der Waals surface area contributed by atoms with E-state index < -0.39 is 5.79 Å². The normalized spacial score (nSPS) is 48.8. The molecule has 0 aromatic carbocycles. The molecule has 0 radical (unpaired) electrons. The average Bonchev–Trinajstić information content (AvgIpc) is 2.54. The Labute approximate surface area is 142 Å². The SMILES string of the molecule is CCCC1(C)COC2(CC(C)(CC)N(O)C(C)(CC)C2C)OC1. The van der Waals surface area contributed by atoms with Gasteiger partial charge in [-0.1, -0.05) is 41.0 Å². The summed E-state index contributed by atoms with van der Waals surface area (Å²) in [7, 11) is 0. The average molecular weight is 328 g/mol. The van der Waals surface area contributed by atoms with Gasteiger partial charge in [-0.15, -0.1) is 0 Å². The Morgan fingerprint density at radius 3 is 2.04 bits per heavy atom. The van der Waals surface area contributed by atoms with Crippen LogP contribution in [-0.4, -0.2) is 40.3 Å². The van der Waals surface area contributed by atoms with Crippen LogP contribution in [0.15, 0.2) is 0 Å². The highest BCUT2D eigenvalue weighted by atomic mass is 16.7. The molecule has 2 saturated heterocycles. The Morgan fingerprint density at radius 2 is 1.61 bits per heavy atom. The lowest BCUT2D eigenvalue weighted by atomic mass is 9.67. The van der Waals surface area contributed by atoms with Gasteiger partial charge in [-0.25, -0.2) is 0 Å². The molecular weight excluding hydrogens is 290 g/mol. The Kier molecular flexibility index (Phi) is 5.24. The summed E-state index contributed by atoms with van der Waals surface area (Å²) in [6.45, 7) is 16.7. The molecule has 2 aliphatic heterocycles. The fraction of sp³-hybridized carbons (Fsp3) is 1.00. The van der Waals surface area contributed by atoms with Crippen LogP contribution in [0.4, 0.5) is 0 Å². The summed E-state index contributed by atoms with van der Waals surface area (Å²) < 4.78 is 12.9. The second-order valence-electron chi connectivity index (χ2n) is 8.72. The Morgan fingerprint density at radius 1 is 1.04 bits per heavy atom. The minimum absolute atomic E-state index is 0.107. The Hall–Kier alpha value is -0.160. The lowest BCUT2D eigenvalue weighted by Gasteiger charge is -2.63. The van der Waals surface area contributed by atoms with E-state index in [1.807, 2.05) is 0 Å². The van der Waals surface area contributed by atoms with Gasteiger partial charge in [-0.05, 0) is 33.1 Å². The van der Waals surface area contributed by atoms with Crippen LogP contribution < -0.4 is 0 Å². The van der Waals surface area contributed by atoms with Gasteiger partial charge >= 0.3 is 0 Å². The number of hydrogen-bond donors (Lipinski definition) is 1. The number of rotatable bonds is 4. The summed E-state index contributed by atoms with van der Waals surface area (Å²) in [4.78, 5) is 0. The topological polar surface area (TPSA) is 41.9 Å². The fourth-order valence-electron chi connectivity index (χ4n) is 4.54. The molecule has 2 fully saturated rings. The molecule has 2 aliphatic rings. The predicted octanol–water partition coefficient (Wildman–Crippen LogP) is 4.60. The zero-order chi connectivity index (χ0) is 17.5. The smallest absolute Gasteiger partial charge is 0.174 e. The minimum atomic E-state index is -0.581. The molecule has 23 heavy (non-hydrogen) atoms. The molecule has 1 spiro atoms. The molecule has 0 aromatic rings. The van der Waals surface area contributed by atoms with Gasteiger partial charge in [0.2, 0.25) is 0 Å². The lowest BCUT2D eigenvalue weighted by Crippen LogP contribution is -2.73. The van der Waals surface area contributed by atoms with Crippen molar-refractivity contribution in [2.75, 3.05) is 13.2 Å². The van der Waals surface area contributed by atoms with Gasteiger partial charge in [0.1, 0.15) is 0 Å². The van der Waals surface area contributed by atoms with Gasteiger partial charge in [-0.2, -0.15) is 5.06 Å². The second-order valence-corrected chi connectivity index (χ2v) is 8.72. The molecule has 3 atom stereocenters. The quantitative estimate of drug-likeness (QED) is 0.819. The van der Waals surface area contributed by atoms with E-state index in [-0.39, 0.29) is 22.4 Å². The molecule has 1 N–H and O–H groups in total. The van der Waals surface area contributed by atoms with E-state index in [4.69, 9.17) is 9.47 Å². The standard InChI is InChI=1S/C19H37NO3/c1-8-11-16(5)13-22-19(23-14-16)12-17(6,9-2)20(21)18(7,10-3)15(19)4/h15,21H,8-14H2,1-7H3. The van der Waals surface area contributed by atoms with Gasteiger partial charge in [0.05, 0.1) is 18.8 Å². The highest BCUT2D eigenvalue weighted by Gasteiger charge is 2.62. The molecule has 0 aromatic heterocycles.